The van der Waals surface area contributed by atoms with Crippen LogP contribution in [0.3, 0.4) is 0 Å². The Morgan fingerprint density at radius 1 is 1.12 bits per heavy atom. The molecule has 5 nitrogen and oxygen atoms in total. The number of pyridine rings is 2. The van der Waals surface area contributed by atoms with Gasteiger partial charge in [0.2, 0.25) is 0 Å². The van der Waals surface area contributed by atoms with Gasteiger partial charge < -0.3 is 4.74 Å². The van der Waals surface area contributed by atoms with Crippen molar-refractivity contribution in [3.8, 4) is 22.6 Å². The van der Waals surface area contributed by atoms with Crippen molar-refractivity contribution in [1.29, 1.82) is 0 Å². The minimum Gasteiger partial charge on any atom is -0.456 e. The van der Waals surface area contributed by atoms with Crippen LogP contribution in [-0.4, -0.2) is 19.6 Å². The van der Waals surface area contributed by atoms with Crippen LogP contribution in [0.1, 0.15) is 29.9 Å². The number of aryl methyl sites for hydroxylation is 1. The summed E-state index contributed by atoms with van der Waals surface area (Å²) in [7, 11) is 0. The van der Waals surface area contributed by atoms with Crippen LogP contribution in [0.4, 0.5) is 13.2 Å². The lowest BCUT2D eigenvalue weighted by molar-refractivity contribution is -0.136. The molecule has 0 aliphatic heterocycles. The van der Waals surface area contributed by atoms with Gasteiger partial charge in [0.05, 0.1) is 5.02 Å². The van der Waals surface area contributed by atoms with E-state index in [-0.39, 0.29) is 16.2 Å². The number of hydrogen-bond donors (Lipinski definition) is 0. The van der Waals surface area contributed by atoms with Crippen molar-refractivity contribution < 1.29 is 17.9 Å². The number of rotatable bonds is 5. The van der Waals surface area contributed by atoms with E-state index in [1.807, 2.05) is 6.92 Å². The predicted molar refractivity (Wildman–Crippen MR) is 114 cm³/mol. The summed E-state index contributed by atoms with van der Waals surface area (Å²) in [5.41, 5.74) is 0.0459. The Bertz CT molecular complexity index is 1310. The minimum absolute atomic E-state index is 0.0106. The van der Waals surface area contributed by atoms with Crippen LogP contribution >= 0.6 is 11.6 Å². The van der Waals surface area contributed by atoms with Crippen LogP contribution in [0.2, 0.25) is 5.02 Å². The maximum absolute atomic E-state index is 14.1. The van der Waals surface area contributed by atoms with Crippen LogP contribution in [0.15, 0.2) is 48.8 Å². The average Bonchev–Trinajstić information content (AvgIpc) is 3.46. The monoisotopic (exact) mass is 458 g/mol. The second kappa shape index (κ2) is 7.78. The van der Waals surface area contributed by atoms with Crippen molar-refractivity contribution in [2.75, 3.05) is 0 Å². The van der Waals surface area contributed by atoms with Crippen molar-refractivity contribution in [1.82, 2.24) is 19.6 Å². The Hall–Kier alpha value is -3.13. The van der Waals surface area contributed by atoms with Crippen LogP contribution in [0.25, 0.3) is 16.8 Å². The molecular weight excluding hydrogens is 441 g/mol. The fourth-order valence-electron chi connectivity index (χ4n) is 3.70. The van der Waals surface area contributed by atoms with Crippen molar-refractivity contribution in [2.24, 2.45) is 5.92 Å². The molecule has 0 amide bonds. The number of aromatic nitrogens is 4. The molecule has 1 aliphatic rings. The normalized spacial score (nSPS) is 14.2. The average molecular weight is 459 g/mol. The molecule has 3 aromatic heterocycles. The number of halogens is 4. The van der Waals surface area contributed by atoms with Gasteiger partial charge in [0, 0.05) is 30.6 Å². The standard InChI is InChI=1S/C23H18ClF3N4O/c1-13-10-16(6-8-28-13)32-19-5-4-15(12-18(19)24)17-7-9-31-20(11-14-2-3-14)29-30-22(31)21(17)23(25,26)27/h4-10,12,14H,2-3,11H2,1H3. The van der Waals surface area contributed by atoms with Gasteiger partial charge in [0.1, 0.15) is 22.9 Å². The molecule has 0 spiro atoms. The zero-order valence-corrected chi connectivity index (χ0v) is 17.8. The quantitative estimate of drug-likeness (QED) is 0.342. The molecule has 0 unspecified atom stereocenters. The highest BCUT2D eigenvalue weighted by atomic mass is 35.5. The van der Waals surface area contributed by atoms with E-state index in [1.165, 1.54) is 16.5 Å². The van der Waals surface area contributed by atoms with E-state index in [0.29, 0.717) is 35.2 Å². The summed E-state index contributed by atoms with van der Waals surface area (Å²) in [5.74, 6) is 1.90. The number of alkyl halides is 3. The second-order valence-electron chi connectivity index (χ2n) is 7.94. The van der Waals surface area contributed by atoms with Crippen LogP contribution in [0.5, 0.6) is 11.5 Å². The van der Waals surface area contributed by atoms with Crippen molar-refractivity contribution in [3.63, 3.8) is 0 Å². The number of nitrogens with zero attached hydrogens (tertiary/aromatic N) is 4. The molecule has 9 heteroatoms. The fourth-order valence-corrected chi connectivity index (χ4v) is 3.92. The third-order valence-corrected chi connectivity index (χ3v) is 5.74. The topological polar surface area (TPSA) is 52.3 Å². The number of fused-ring (bicyclic) bond motifs is 1. The van der Waals surface area contributed by atoms with Gasteiger partial charge in [-0.05, 0) is 61.1 Å². The highest BCUT2D eigenvalue weighted by Gasteiger charge is 2.38. The Kier molecular flexibility index (Phi) is 5.04. The van der Waals surface area contributed by atoms with Crippen molar-refractivity contribution in [3.05, 3.63) is 70.9 Å². The first kappa shape index (κ1) is 20.8. The second-order valence-corrected chi connectivity index (χ2v) is 8.35. The van der Waals surface area contributed by atoms with E-state index in [2.05, 4.69) is 15.2 Å². The largest absolute Gasteiger partial charge is 0.456 e. The van der Waals surface area contributed by atoms with Crippen LogP contribution < -0.4 is 4.74 Å². The van der Waals surface area contributed by atoms with Gasteiger partial charge in [-0.1, -0.05) is 17.7 Å². The molecule has 0 saturated heterocycles. The zero-order chi connectivity index (χ0) is 22.5. The van der Waals surface area contributed by atoms with Crippen molar-refractivity contribution in [2.45, 2.75) is 32.4 Å². The Labute approximate surface area is 186 Å². The molecule has 164 valence electrons. The van der Waals surface area contributed by atoms with Crippen LogP contribution in [-0.2, 0) is 12.6 Å². The molecule has 3 heterocycles. The molecule has 1 saturated carbocycles. The van der Waals surface area contributed by atoms with Crippen molar-refractivity contribution >= 4 is 17.2 Å². The smallest absolute Gasteiger partial charge is 0.420 e. The van der Waals surface area contributed by atoms with Gasteiger partial charge >= 0.3 is 6.18 Å². The molecule has 0 atom stereocenters. The number of ether oxygens (including phenoxy) is 1. The van der Waals surface area contributed by atoms with Gasteiger partial charge in [-0.15, -0.1) is 10.2 Å². The molecule has 1 fully saturated rings. The summed E-state index contributed by atoms with van der Waals surface area (Å²) >= 11 is 6.37. The molecule has 32 heavy (non-hydrogen) atoms. The minimum atomic E-state index is -4.61. The maximum atomic E-state index is 14.1. The maximum Gasteiger partial charge on any atom is 0.420 e. The van der Waals surface area contributed by atoms with E-state index in [1.54, 1.807) is 36.7 Å². The van der Waals surface area contributed by atoms with Gasteiger partial charge in [0.15, 0.2) is 5.65 Å². The van der Waals surface area contributed by atoms with E-state index < -0.39 is 11.7 Å². The highest BCUT2D eigenvalue weighted by Crippen LogP contribution is 2.42. The molecule has 0 radical (unpaired) electrons. The first-order valence-electron chi connectivity index (χ1n) is 10.1. The Morgan fingerprint density at radius 2 is 1.94 bits per heavy atom. The summed E-state index contributed by atoms with van der Waals surface area (Å²) in [5, 5.41) is 8.11. The van der Waals surface area contributed by atoms with E-state index in [0.717, 1.165) is 18.5 Å². The van der Waals surface area contributed by atoms with E-state index in [9.17, 15) is 13.2 Å². The molecule has 5 rings (SSSR count). The lowest BCUT2D eigenvalue weighted by atomic mass is 10.0. The number of hydrogen-bond acceptors (Lipinski definition) is 4. The first-order chi connectivity index (χ1) is 15.3. The lowest BCUT2D eigenvalue weighted by Crippen LogP contribution is -2.11. The van der Waals surface area contributed by atoms with Gasteiger partial charge in [-0.3, -0.25) is 9.38 Å². The van der Waals surface area contributed by atoms with Gasteiger partial charge in [-0.2, -0.15) is 13.2 Å². The van der Waals surface area contributed by atoms with E-state index in [4.69, 9.17) is 16.3 Å². The lowest BCUT2D eigenvalue weighted by Gasteiger charge is -2.15. The summed E-state index contributed by atoms with van der Waals surface area (Å²) in [4.78, 5) is 4.10. The molecule has 0 bridgehead atoms. The third kappa shape index (κ3) is 4.02. The predicted octanol–water partition coefficient (Wildman–Crippen LogP) is 6.52. The SMILES string of the molecule is Cc1cc(Oc2ccc(-c3ccn4c(CC5CC5)nnc4c3C(F)(F)F)cc2Cl)ccn1. The molecule has 0 N–H and O–H groups in total. The summed E-state index contributed by atoms with van der Waals surface area (Å²) in [6.07, 6.45) is 1.36. The summed E-state index contributed by atoms with van der Waals surface area (Å²) < 4.78 is 49.5. The Morgan fingerprint density at radius 3 is 2.62 bits per heavy atom. The first-order valence-corrected chi connectivity index (χ1v) is 10.5. The third-order valence-electron chi connectivity index (χ3n) is 5.44. The molecule has 1 aliphatic carbocycles. The molecular formula is C23H18ClF3N4O. The van der Waals surface area contributed by atoms with Crippen LogP contribution in [0, 0.1) is 12.8 Å². The highest BCUT2D eigenvalue weighted by molar-refractivity contribution is 6.32. The molecule has 1 aromatic carbocycles. The Balaban J connectivity index is 1.55. The summed E-state index contributed by atoms with van der Waals surface area (Å²) in [6.45, 7) is 1.83. The van der Waals surface area contributed by atoms with E-state index >= 15 is 0 Å². The van der Waals surface area contributed by atoms with Gasteiger partial charge in [0.25, 0.3) is 0 Å². The zero-order valence-electron chi connectivity index (χ0n) is 17.0. The number of benzene rings is 1. The summed E-state index contributed by atoms with van der Waals surface area (Å²) in [6, 6.07) is 9.43. The fraction of sp³-hybridized carbons (Fsp3) is 0.261. The molecule has 4 aromatic rings. The van der Waals surface area contributed by atoms with Gasteiger partial charge in [-0.25, -0.2) is 0 Å².